The lowest BCUT2D eigenvalue weighted by Crippen LogP contribution is -2.33. The highest BCUT2D eigenvalue weighted by Crippen LogP contribution is 2.28. The first-order valence-corrected chi connectivity index (χ1v) is 13.0. The van der Waals surface area contributed by atoms with Crippen LogP contribution >= 0.6 is 0 Å². The molecule has 0 aliphatic carbocycles. The molecule has 9 heteroatoms. The Morgan fingerprint density at radius 1 is 0.865 bits per heavy atom. The molecular weight excluding hydrogens is 466 g/mol. The van der Waals surface area contributed by atoms with Crippen LogP contribution in [0.3, 0.4) is 0 Å². The molecule has 2 aromatic heterocycles. The zero-order valence-electron chi connectivity index (χ0n) is 21.8. The minimum atomic E-state index is 0.211. The third-order valence-corrected chi connectivity index (χ3v) is 6.57. The number of aromatic nitrogens is 4. The summed E-state index contributed by atoms with van der Waals surface area (Å²) in [5, 5.41) is 6.73. The Morgan fingerprint density at radius 3 is 2.22 bits per heavy atom. The van der Waals surface area contributed by atoms with Gasteiger partial charge in [0.05, 0.1) is 13.4 Å². The Bertz CT molecular complexity index is 1300. The van der Waals surface area contributed by atoms with E-state index in [-0.39, 0.29) is 6.04 Å². The molecule has 9 nitrogen and oxygen atoms in total. The third kappa shape index (κ3) is 6.11. The number of hydrogen-bond acceptors (Lipinski definition) is 8. The number of rotatable bonds is 10. The van der Waals surface area contributed by atoms with Crippen molar-refractivity contribution >= 4 is 34.3 Å². The van der Waals surface area contributed by atoms with Crippen LogP contribution in [0.1, 0.15) is 39.2 Å². The van der Waals surface area contributed by atoms with Crippen molar-refractivity contribution < 1.29 is 9.47 Å². The summed E-state index contributed by atoms with van der Waals surface area (Å²) in [5.41, 5.74) is 3.25. The monoisotopic (exact) mass is 501 g/mol. The summed E-state index contributed by atoms with van der Waals surface area (Å²) in [7, 11) is 1.65. The maximum atomic E-state index is 5.99. The van der Waals surface area contributed by atoms with Gasteiger partial charge in [-0.25, -0.2) is 4.98 Å². The first kappa shape index (κ1) is 24.8. The van der Waals surface area contributed by atoms with E-state index < -0.39 is 0 Å². The van der Waals surface area contributed by atoms with Crippen LogP contribution in [0.5, 0.6) is 11.5 Å². The quantitative estimate of drug-likeness (QED) is 0.283. The second-order valence-electron chi connectivity index (χ2n) is 9.57. The predicted octanol–water partition coefficient (Wildman–Crippen LogP) is 5.77. The van der Waals surface area contributed by atoms with Gasteiger partial charge in [0.1, 0.15) is 18.1 Å². The lowest BCUT2D eigenvalue weighted by Gasteiger charge is -2.26. The second kappa shape index (κ2) is 11.5. The topological polar surface area (TPSA) is 89.4 Å². The van der Waals surface area contributed by atoms with Crippen LogP contribution in [-0.2, 0) is 0 Å². The van der Waals surface area contributed by atoms with Crippen LogP contribution in [0.2, 0.25) is 0 Å². The molecule has 0 atom stereocenters. The van der Waals surface area contributed by atoms with Crippen molar-refractivity contribution in [3.8, 4) is 11.5 Å². The predicted molar refractivity (Wildman–Crippen MR) is 147 cm³/mol. The summed E-state index contributed by atoms with van der Waals surface area (Å²) in [6.45, 7) is 8.25. The average molecular weight is 502 g/mol. The minimum Gasteiger partial charge on any atom is -0.497 e. The maximum absolute atomic E-state index is 5.99. The summed E-state index contributed by atoms with van der Waals surface area (Å²) in [6.07, 6.45) is 5.75. The van der Waals surface area contributed by atoms with Crippen molar-refractivity contribution in [3.63, 3.8) is 0 Å². The number of ether oxygens (including phenoxy) is 2. The number of anilines is 4. The fourth-order valence-corrected chi connectivity index (χ4v) is 4.49. The van der Waals surface area contributed by atoms with Crippen LogP contribution in [-0.4, -0.2) is 57.8 Å². The van der Waals surface area contributed by atoms with Gasteiger partial charge < -0.3 is 24.7 Å². The molecule has 0 saturated carbocycles. The van der Waals surface area contributed by atoms with Crippen molar-refractivity contribution in [3.05, 3.63) is 54.9 Å². The lowest BCUT2D eigenvalue weighted by molar-refractivity contribution is 0.183. The van der Waals surface area contributed by atoms with Crippen molar-refractivity contribution in [2.45, 2.75) is 39.2 Å². The Hall–Kier alpha value is -3.85. The molecule has 1 saturated heterocycles. The average Bonchev–Trinajstić information content (AvgIpc) is 3.35. The zero-order valence-corrected chi connectivity index (χ0v) is 21.8. The number of fused-ring (bicyclic) bond motifs is 1. The van der Waals surface area contributed by atoms with Crippen molar-refractivity contribution in [2.75, 3.05) is 44.0 Å². The molecule has 37 heavy (non-hydrogen) atoms. The third-order valence-electron chi connectivity index (χ3n) is 6.57. The smallest absolute Gasteiger partial charge is 0.231 e. The van der Waals surface area contributed by atoms with Crippen LogP contribution in [0, 0.1) is 0 Å². The lowest BCUT2D eigenvalue weighted by atomic mass is 10.1. The normalized spacial score (nSPS) is 14.2. The van der Waals surface area contributed by atoms with E-state index in [2.05, 4.69) is 34.4 Å². The molecule has 1 aliphatic rings. The van der Waals surface area contributed by atoms with E-state index in [4.69, 9.17) is 19.4 Å². The summed E-state index contributed by atoms with van der Waals surface area (Å²) in [4.78, 5) is 16.6. The first-order chi connectivity index (χ1) is 18.1. The summed E-state index contributed by atoms with van der Waals surface area (Å²) < 4.78 is 13.3. The fourth-order valence-electron chi connectivity index (χ4n) is 4.49. The SMILES string of the molecule is COc1ccc(Nc2nc(Nc3ccc(OCCN4CCCCC4)cc3)c3ncn(C(C)C)c3n2)cc1. The molecule has 0 radical (unpaired) electrons. The number of methoxy groups -OCH3 is 1. The number of likely N-dealkylation sites (tertiary alicyclic amines) is 1. The molecule has 1 aliphatic heterocycles. The largest absolute Gasteiger partial charge is 0.497 e. The van der Waals surface area contributed by atoms with Gasteiger partial charge in [-0.05, 0) is 88.3 Å². The molecule has 4 aromatic rings. The Kier molecular flexibility index (Phi) is 7.70. The Balaban J connectivity index is 1.32. The molecule has 2 N–H and O–H groups in total. The highest BCUT2D eigenvalue weighted by atomic mass is 16.5. The fraction of sp³-hybridized carbons (Fsp3) is 0.393. The standard InChI is InChI=1S/C28H35N7O2/c1-20(2)35-19-29-25-26(32-28(33-27(25)35)31-22-7-11-23(36-3)12-8-22)30-21-9-13-24(14-10-21)37-18-17-34-15-5-4-6-16-34/h7-14,19-20H,4-6,15-18H2,1-3H3,(H2,30,31,32,33). The van der Waals surface area contributed by atoms with Crippen molar-refractivity contribution in [1.29, 1.82) is 0 Å². The molecule has 3 heterocycles. The molecule has 0 amide bonds. The van der Waals surface area contributed by atoms with E-state index in [9.17, 15) is 0 Å². The number of nitrogens with one attached hydrogen (secondary N) is 2. The molecular formula is C28H35N7O2. The minimum absolute atomic E-state index is 0.211. The second-order valence-corrected chi connectivity index (χ2v) is 9.57. The van der Waals surface area contributed by atoms with E-state index in [1.807, 2.05) is 59.4 Å². The number of nitrogens with zero attached hydrogens (tertiary/aromatic N) is 5. The Labute approximate surface area is 217 Å². The van der Waals surface area contributed by atoms with E-state index in [1.54, 1.807) is 7.11 Å². The van der Waals surface area contributed by atoms with Gasteiger partial charge in [0, 0.05) is 24.0 Å². The van der Waals surface area contributed by atoms with Crippen LogP contribution in [0.25, 0.3) is 11.2 Å². The highest BCUT2D eigenvalue weighted by molar-refractivity contribution is 5.87. The summed E-state index contributed by atoms with van der Waals surface area (Å²) in [6, 6.07) is 15.8. The van der Waals surface area contributed by atoms with E-state index >= 15 is 0 Å². The van der Waals surface area contributed by atoms with Gasteiger partial charge in [-0.2, -0.15) is 9.97 Å². The number of hydrogen-bond donors (Lipinski definition) is 2. The molecule has 1 fully saturated rings. The van der Waals surface area contributed by atoms with Gasteiger partial charge in [-0.1, -0.05) is 6.42 Å². The summed E-state index contributed by atoms with van der Waals surface area (Å²) >= 11 is 0. The maximum Gasteiger partial charge on any atom is 0.231 e. The molecule has 5 rings (SSSR count). The molecule has 2 aromatic carbocycles. The van der Waals surface area contributed by atoms with E-state index in [1.165, 1.54) is 32.4 Å². The van der Waals surface area contributed by atoms with Crippen LogP contribution < -0.4 is 20.1 Å². The van der Waals surface area contributed by atoms with E-state index in [0.29, 0.717) is 18.4 Å². The van der Waals surface area contributed by atoms with Crippen molar-refractivity contribution in [1.82, 2.24) is 24.4 Å². The molecule has 194 valence electrons. The molecule has 0 bridgehead atoms. The van der Waals surface area contributed by atoms with E-state index in [0.717, 1.165) is 40.6 Å². The van der Waals surface area contributed by atoms with Gasteiger partial charge in [0.15, 0.2) is 17.0 Å². The van der Waals surface area contributed by atoms with Gasteiger partial charge in [0.2, 0.25) is 5.95 Å². The van der Waals surface area contributed by atoms with Crippen molar-refractivity contribution in [2.24, 2.45) is 0 Å². The van der Waals surface area contributed by atoms with Gasteiger partial charge in [-0.3, -0.25) is 4.90 Å². The molecule has 0 unspecified atom stereocenters. The van der Waals surface area contributed by atoms with Gasteiger partial charge >= 0.3 is 0 Å². The number of benzene rings is 2. The van der Waals surface area contributed by atoms with Gasteiger partial charge in [-0.15, -0.1) is 0 Å². The number of imidazole rings is 1. The van der Waals surface area contributed by atoms with Crippen LogP contribution in [0.4, 0.5) is 23.1 Å². The Morgan fingerprint density at radius 2 is 1.54 bits per heavy atom. The van der Waals surface area contributed by atoms with Crippen LogP contribution in [0.15, 0.2) is 54.9 Å². The first-order valence-electron chi connectivity index (χ1n) is 13.0. The zero-order chi connectivity index (χ0) is 25.6. The molecule has 0 spiro atoms. The van der Waals surface area contributed by atoms with Gasteiger partial charge in [0.25, 0.3) is 0 Å². The highest BCUT2D eigenvalue weighted by Gasteiger charge is 2.16. The number of piperidine rings is 1. The summed E-state index contributed by atoms with van der Waals surface area (Å²) in [5.74, 6) is 2.78.